The highest BCUT2D eigenvalue weighted by atomic mass is 14.3. The van der Waals surface area contributed by atoms with Crippen LogP contribution in [0.25, 0.3) is 0 Å². The molecule has 0 aromatic heterocycles. The molecule has 2 aromatic carbocycles. The van der Waals surface area contributed by atoms with Gasteiger partial charge < -0.3 is 0 Å². The fourth-order valence-corrected chi connectivity index (χ4v) is 4.48. The highest BCUT2D eigenvalue weighted by Gasteiger charge is 2.28. The van der Waals surface area contributed by atoms with Crippen LogP contribution in [-0.2, 0) is 0 Å². The molecular weight excluding hydrogens is 312 g/mol. The molecule has 2 aromatic rings. The Morgan fingerprint density at radius 3 is 1.73 bits per heavy atom. The van der Waals surface area contributed by atoms with Gasteiger partial charge in [0, 0.05) is 11.8 Å². The van der Waals surface area contributed by atoms with E-state index >= 15 is 0 Å². The van der Waals surface area contributed by atoms with Crippen LogP contribution in [0.1, 0.15) is 65.5 Å². The number of hydrogen-bond donors (Lipinski definition) is 0. The first-order chi connectivity index (χ1) is 12.5. The SMILES string of the molecule is CCCCC1=CC=CC1C(c1cc(C)cc(C)c1)c1cc(C)cc(C)c1. The van der Waals surface area contributed by atoms with Crippen LogP contribution in [0.15, 0.2) is 60.2 Å². The summed E-state index contributed by atoms with van der Waals surface area (Å²) in [6.45, 7) is 11.1. The maximum absolute atomic E-state index is 2.42. The molecule has 1 unspecified atom stereocenters. The molecule has 0 saturated carbocycles. The number of aryl methyl sites for hydroxylation is 4. The predicted octanol–water partition coefficient (Wildman–Crippen LogP) is 7.35. The van der Waals surface area contributed by atoms with Crippen molar-refractivity contribution >= 4 is 0 Å². The molecule has 0 nitrogen and oxygen atoms in total. The van der Waals surface area contributed by atoms with Crippen LogP contribution in [0.5, 0.6) is 0 Å². The summed E-state index contributed by atoms with van der Waals surface area (Å²) in [6.07, 6.45) is 10.8. The van der Waals surface area contributed by atoms with E-state index in [9.17, 15) is 0 Å². The van der Waals surface area contributed by atoms with E-state index in [-0.39, 0.29) is 0 Å². The third kappa shape index (κ3) is 4.18. The number of unbranched alkanes of at least 4 members (excludes halogenated alkanes) is 1. The van der Waals surface area contributed by atoms with Crippen molar-refractivity contribution in [1.29, 1.82) is 0 Å². The van der Waals surface area contributed by atoms with Crippen molar-refractivity contribution in [2.45, 2.75) is 59.8 Å². The smallest absolute Gasteiger partial charge is 0.0190 e. The molecule has 0 bridgehead atoms. The lowest BCUT2D eigenvalue weighted by molar-refractivity contribution is 0.614. The Hall–Kier alpha value is -2.08. The number of allylic oxidation sites excluding steroid dienone is 4. The monoisotopic (exact) mass is 344 g/mol. The molecule has 3 rings (SSSR count). The van der Waals surface area contributed by atoms with Gasteiger partial charge in [-0.25, -0.2) is 0 Å². The molecule has 0 saturated heterocycles. The fraction of sp³-hybridized carbons (Fsp3) is 0.385. The van der Waals surface area contributed by atoms with Gasteiger partial charge >= 0.3 is 0 Å². The molecule has 1 aliphatic carbocycles. The van der Waals surface area contributed by atoms with Crippen molar-refractivity contribution in [2.75, 3.05) is 0 Å². The third-order valence-corrected chi connectivity index (χ3v) is 5.44. The predicted molar refractivity (Wildman–Crippen MR) is 114 cm³/mol. The summed E-state index contributed by atoms with van der Waals surface area (Å²) >= 11 is 0. The molecule has 0 aliphatic heterocycles. The first kappa shape index (κ1) is 18.7. The number of hydrogen-bond acceptors (Lipinski definition) is 0. The van der Waals surface area contributed by atoms with Crippen LogP contribution in [0, 0.1) is 33.6 Å². The van der Waals surface area contributed by atoms with Crippen LogP contribution in [0.2, 0.25) is 0 Å². The summed E-state index contributed by atoms with van der Waals surface area (Å²) in [5, 5.41) is 0. The summed E-state index contributed by atoms with van der Waals surface area (Å²) in [7, 11) is 0. The van der Waals surface area contributed by atoms with Crippen molar-refractivity contribution in [3.63, 3.8) is 0 Å². The summed E-state index contributed by atoms with van der Waals surface area (Å²) in [5.74, 6) is 0.873. The summed E-state index contributed by atoms with van der Waals surface area (Å²) in [6, 6.07) is 14.1. The fourth-order valence-electron chi connectivity index (χ4n) is 4.48. The van der Waals surface area contributed by atoms with Gasteiger partial charge in [0.05, 0.1) is 0 Å². The van der Waals surface area contributed by atoms with E-state index in [0.717, 1.165) is 0 Å². The summed E-state index contributed by atoms with van der Waals surface area (Å²) < 4.78 is 0. The average Bonchev–Trinajstić information content (AvgIpc) is 2.99. The first-order valence-corrected chi connectivity index (χ1v) is 10.0. The molecule has 1 atom stereocenters. The minimum absolute atomic E-state index is 0.397. The summed E-state index contributed by atoms with van der Waals surface area (Å²) in [4.78, 5) is 0. The molecule has 0 fully saturated rings. The zero-order chi connectivity index (χ0) is 18.7. The van der Waals surface area contributed by atoms with E-state index in [1.165, 1.54) is 52.6 Å². The van der Waals surface area contributed by atoms with Crippen LogP contribution in [0.3, 0.4) is 0 Å². The Morgan fingerprint density at radius 1 is 0.769 bits per heavy atom. The molecule has 136 valence electrons. The standard InChI is InChI=1S/C26H32/c1-6-7-9-22-10-8-11-25(22)26(23-14-18(2)12-19(3)15-23)24-16-20(4)13-21(5)17-24/h8,10-17,25-26H,6-7,9H2,1-5H3. The van der Waals surface area contributed by atoms with E-state index in [4.69, 9.17) is 0 Å². The Kier molecular flexibility index (Phi) is 5.81. The Labute approximate surface area is 159 Å². The third-order valence-electron chi connectivity index (χ3n) is 5.44. The maximum Gasteiger partial charge on any atom is 0.0190 e. The number of benzene rings is 2. The lowest BCUT2D eigenvalue weighted by Crippen LogP contribution is -2.15. The molecule has 0 heteroatoms. The molecule has 0 heterocycles. The van der Waals surface area contributed by atoms with Crippen molar-refractivity contribution in [2.24, 2.45) is 5.92 Å². The highest BCUT2D eigenvalue weighted by molar-refractivity contribution is 5.45. The molecular formula is C26H32. The van der Waals surface area contributed by atoms with E-state index in [2.05, 4.69) is 89.2 Å². The maximum atomic E-state index is 2.42. The minimum Gasteiger partial charge on any atom is -0.0764 e. The van der Waals surface area contributed by atoms with Crippen LogP contribution >= 0.6 is 0 Å². The Balaban J connectivity index is 2.10. The first-order valence-electron chi connectivity index (χ1n) is 10.0. The lowest BCUT2D eigenvalue weighted by Gasteiger charge is -2.28. The quantitative estimate of drug-likeness (QED) is 0.513. The van der Waals surface area contributed by atoms with Gasteiger partial charge in [-0.2, -0.15) is 0 Å². The van der Waals surface area contributed by atoms with Gasteiger partial charge in [-0.3, -0.25) is 0 Å². The van der Waals surface area contributed by atoms with E-state index in [0.29, 0.717) is 11.8 Å². The number of rotatable bonds is 6. The lowest BCUT2D eigenvalue weighted by atomic mass is 9.76. The molecule has 0 spiro atoms. The van der Waals surface area contributed by atoms with E-state index in [1.807, 2.05) is 0 Å². The van der Waals surface area contributed by atoms with Crippen molar-refractivity contribution in [1.82, 2.24) is 0 Å². The van der Waals surface area contributed by atoms with Gasteiger partial charge in [-0.1, -0.05) is 95.8 Å². The normalized spacial score (nSPS) is 16.4. The Bertz CT molecular complexity index is 743. The van der Waals surface area contributed by atoms with E-state index < -0.39 is 0 Å². The second-order valence-electron chi connectivity index (χ2n) is 8.08. The zero-order valence-corrected chi connectivity index (χ0v) is 17.0. The molecule has 0 radical (unpaired) electrons. The van der Waals surface area contributed by atoms with Gasteiger partial charge in [-0.15, -0.1) is 0 Å². The van der Waals surface area contributed by atoms with E-state index in [1.54, 1.807) is 5.57 Å². The zero-order valence-electron chi connectivity index (χ0n) is 17.0. The van der Waals surface area contributed by atoms with Gasteiger partial charge in [0.2, 0.25) is 0 Å². The van der Waals surface area contributed by atoms with Crippen LogP contribution < -0.4 is 0 Å². The second kappa shape index (κ2) is 8.08. The highest BCUT2D eigenvalue weighted by Crippen LogP contribution is 2.42. The molecule has 26 heavy (non-hydrogen) atoms. The van der Waals surface area contributed by atoms with Crippen LogP contribution in [-0.4, -0.2) is 0 Å². The molecule has 0 N–H and O–H groups in total. The minimum atomic E-state index is 0.397. The van der Waals surface area contributed by atoms with Gasteiger partial charge in [0.15, 0.2) is 0 Å². The molecule has 1 aliphatic rings. The second-order valence-corrected chi connectivity index (χ2v) is 8.08. The van der Waals surface area contributed by atoms with Gasteiger partial charge in [0.25, 0.3) is 0 Å². The summed E-state index contributed by atoms with van der Waals surface area (Å²) in [5.41, 5.74) is 9.92. The largest absolute Gasteiger partial charge is 0.0764 e. The van der Waals surface area contributed by atoms with Crippen molar-refractivity contribution in [3.05, 3.63) is 93.6 Å². The van der Waals surface area contributed by atoms with Crippen molar-refractivity contribution < 1.29 is 0 Å². The van der Waals surface area contributed by atoms with Crippen LogP contribution in [0.4, 0.5) is 0 Å². The molecule has 0 amide bonds. The van der Waals surface area contributed by atoms with Gasteiger partial charge in [0.1, 0.15) is 0 Å². The van der Waals surface area contributed by atoms with Gasteiger partial charge in [-0.05, 0) is 51.7 Å². The van der Waals surface area contributed by atoms with Crippen molar-refractivity contribution in [3.8, 4) is 0 Å². The Morgan fingerprint density at radius 2 is 1.27 bits per heavy atom. The topological polar surface area (TPSA) is 0 Å². The average molecular weight is 345 g/mol.